The smallest absolute Gasteiger partial charge is 0.317 e. The second-order valence-corrected chi connectivity index (χ2v) is 7.91. The molecule has 8 heteroatoms. The fraction of sp³-hybridized carbons (Fsp3) is 0.381. The second kappa shape index (κ2) is 10.2. The van der Waals surface area contributed by atoms with Crippen molar-refractivity contribution in [3.63, 3.8) is 0 Å². The van der Waals surface area contributed by atoms with Crippen molar-refractivity contribution in [1.82, 2.24) is 9.80 Å². The Balaban J connectivity index is 1.72. The topological polar surface area (TPSA) is 35.6 Å². The van der Waals surface area contributed by atoms with Crippen LogP contribution in [0.3, 0.4) is 0 Å². The number of amides is 2. The van der Waals surface area contributed by atoms with E-state index in [2.05, 4.69) is 5.32 Å². The lowest BCUT2D eigenvalue weighted by atomic mass is 10.0. The summed E-state index contributed by atoms with van der Waals surface area (Å²) in [7, 11) is 0. The number of likely N-dealkylation sites (tertiary alicyclic amines) is 1. The number of nitrogens with zero attached hydrogens (tertiary/aromatic N) is 2. The van der Waals surface area contributed by atoms with Gasteiger partial charge in [-0.15, -0.1) is 0 Å². The first kappa shape index (κ1) is 21.8. The maximum atomic E-state index is 13.1. The number of carbonyl (C=O) groups is 1. The molecule has 1 N–H and O–H groups in total. The molecule has 0 unspecified atom stereocenters. The molecule has 3 rings (SSSR count). The molecule has 0 atom stereocenters. The first-order valence-electron chi connectivity index (χ1n) is 9.49. The lowest BCUT2D eigenvalue weighted by Crippen LogP contribution is -2.49. The molecule has 1 heterocycles. The van der Waals surface area contributed by atoms with Crippen LogP contribution >= 0.6 is 23.2 Å². The van der Waals surface area contributed by atoms with Crippen molar-refractivity contribution in [2.45, 2.75) is 31.9 Å². The summed E-state index contributed by atoms with van der Waals surface area (Å²) in [6, 6.07) is 14.3. The molecule has 1 fully saturated rings. The number of nitrogens with one attached hydrogen (secondary N) is 1. The molecule has 1 aliphatic heterocycles. The molecule has 156 valence electrons. The van der Waals surface area contributed by atoms with E-state index in [0.29, 0.717) is 48.2 Å². The molecule has 2 amide bonds. The van der Waals surface area contributed by atoms with Gasteiger partial charge in [0.15, 0.2) is 0 Å². The average Bonchev–Trinajstić information content (AvgIpc) is 2.70. The van der Waals surface area contributed by atoms with Crippen LogP contribution in [0.4, 0.5) is 19.3 Å². The summed E-state index contributed by atoms with van der Waals surface area (Å²) in [4.78, 5) is 16.6. The highest BCUT2D eigenvalue weighted by atomic mass is 35.5. The van der Waals surface area contributed by atoms with Crippen molar-refractivity contribution in [3.8, 4) is 0 Å². The van der Waals surface area contributed by atoms with E-state index in [4.69, 9.17) is 23.2 Å². The van der Waals surface area contributed by atoms with E-state index in [1.54, 1.807) is 28.0 Å². The number of rotatable bonds is 6. The zero-order valence-electron chi connectivity index (χ0n) is 15.8. The maximum Gasteiger partial charge on any atom is 0.322 e. The Morgan fingerprint density at radius 1 is 1.10 bits per heavy atom. The van der Waals surface area contributed by atoms with Crippen LogP contribution in [0.25, 0.3) is 0 Å². The minimum Gasteiger partial charge on any atom is -0.317 e. The normalized spacial score (nSPS) is 15.5. The zero-order valence-corrected chi connectivity index (χ0v) is 17.3. The molecular formula is C21H23Cl2F2N3O. The van der Waals surface area contributed by atoms with Crippen LogP contribution in [0.5, 0.6) is 0 Å². The Bertz CT molecular complexity index is 815. The molecule has 2 aromatic carbocycles. The number of halogens is 4. The van der Waals surface area contributed by atoms with E-state index in [1.165, 1.54) is 0 Å². The number of benzene rings is 2. The Labute approximate surface area is 179 Å². The Hall–Kier alpha value is -1.89. The van der Waals surface area contributed by atoms with Crippen LogP contribution in [0, 0.1) is 0 Å². The van der Waals surface area contributed by atoms with Gasteiger partial charge in [0.05, 0.1) is 16.6 Å². The van der Waals surface area contributed by atoms with Crippen LogP contribution < -0.4 is 5.32 Å². The molecule has 0 bridgehead atoms. The van der Waals surface area contributed by atoms with Gasteiger partial charge < -0.3 is 10.2 Å². The lowest BCUT2D eigenvalue weighted by molar-refractivity contribution is 0.0594. The van der Waals surface area contributed by atoms with Gasteiger partial charge in [0.25, 0.3) is 6.43 Å². The van der Waals surface area contributed by atoms with Crippen molar-refractivity contribution < 1.29 is 13.6 Å². The van der Waals surface area contributed by atoms with E-state index in [-0.39, 0.29) is 18.6 Å². The first-order valence-corrected chi connectivity index (χ1v) is 10.2. The van der Waals surface area contributed by atoms with Crippen molar-refractivity contribution in [2.75, 3.05) is 25.0 Å². The van der Waals surface area contributed by atoms with Crippen LogP contribution in [0.1, 0.15) is 18.4 Å². The van der Waals surface area contributed by atoms with Crippen LogP contribution in [0.15, 0.2) is 48.5 Å². The first-order chi connectivity index (χ1) is 13.9. The molecule has 2 aromatic rings. The summed E-state index contributed by atoms with van der Waals surface area (Å²) < 4.78 is 25.3. The van der Waals surface area contributed by atoms with Gasteiger partial charge >= 0.3 is 6.03 Å². The van der Waals surface area contributed by atoms with Crippen LogP contribution in [-0.2, 0) is 6.54 Å². The molecule has 0 aliphatic carbocycles. The molecule has 0 spiro atoms. The third-order valence-electron chi connectivity index (χ3n) is 5.02. The van der Waals surface area contributed by atoms with Gasteiger partial charge in [-0.05, 0) is 36.6 Å². The predicted molar refractivity (Wildman–Crippen MR) is 113 cm³/mol. The quantitative estimate of drug-likeness (QED) is 0.618. The van der Waals surface area contributed by atoms with E-state index in [0.717, 1.165) is 5.56 Å². The Kier molecular flexibility index (Phi) is 7.70. The Morgan fingerprint density at radius 3 is 2.41 bits per heavy atom. The third kappa shape index (κ3) is 6.29. The predicted octanol–water partition coefficient (Wildman–Crippen LogP) is 5.76. The van der Waals surface area contributed by atoms with Gasteiger partial charge in [-0.1, -0.05) is 53.5 Å². The van der Waals surface area contributed by atoms with Gasteiger partial charge in [-0.3, -0.25) is 4.90 Å². The molecular weight excluding hydrogens is 419 g/mol. The number of urea groups is 1. The van der Waals surface area contributed by atoms with Gasteiger partial charge in [0, 0.05) is 31.4 Å². The molecule has 0 aromatic heterocycles. The zero-order chi connectivity index (χ0) is 20.8. The van der Waals surface area contributed by atoms with E-state index in [1.807, 2.05) is 30.3 Å². The highest BCUT2D eigenvalue weighted by Crippen LogP contribution is 2.26. The highest BCUT2D eigenvalue weighted by Gasteiger charge is 2.29. The molecule has 29 heavy (non-hydrogen) atoms. The SMILES string of the molecule is O=C(Nc1ccc(Cl)c(Cl)c1)N(Cc1ccccc1)C1CCN(CC(F)F)CC1. The summed E-state index contributed by atoms with van der Waals surface area (Å²) >= 11 is 12.0. The monoisotopic (exact) mass is 441 g/mol. The van der Waals surface area contributed by atoms with Crippen molar-refractivity contribution in [1.29, 1.82) is 0 Å². The number of carbonyl (C=O) groups excluding carboxylic acids is 1. The number of piperidine rings is 1. The van der Waals surface area contributed by atoms with Gasteiger partial charge in [0.1, 0.15) is 0 Å². The molecule has 4 nitrogen and oxygen atoms in total. The van der Waals surface area contributed by atoms with Crippen molar-refractivity contribution >= 4 is 34.9 Å². The lowest BCUT2D eigenvalue weighted by Gasteiger charge is -2.38. The maximum absolute atomic E-state index is 13.1. The summed E-state index contributed by atoms with van der Waals surface area (Å²) in [5.41, 5.74) is 1.56. The summed E-state index contributed by atoms with van der Waals surface area (Å²) in [5.74, 6) is 0. The Morgan fingerprint density at radius 2 is 1.79 bits per heavy atom. The average molecular weight is 442 g/mol. The fourth-order valence-corrected chi connectivity index (χ4v) is 3.82. The van der Waals surface area contributed by atoms with Gasteiger partial charge in [-0.25, -0.2) is 13.6 Å². The fourth-order valence-electron chi connectivity index (χ4n) is 3.52. The number of anilines is 1. The second-order valence-electron chi connectivity index (χ2n) is 7.10. The summed E-state index contributed by atoms with van der Waals surface area (Å²) in [6.45, 7) is 1.30. The minimum absolute atomic E-state index is 0.0353. The van der Waals surface area contributed by atoms with E-state index < -0.39 is 6.43 Å². The number of alkyl halides is 2. The van der Waals surface area contributed by atoms with E-state index >= 15 is 0 Å². The number of hydrogen-bond acceptors (Lipinski definition) is 2. The van der Waals surface area contributed by atoms with Crippen molar-refractivity contribution in [3.05, 3.63) is 64.1 Å². The van der Waals surface area contributed by atoms with E-state index in [9.17, 15) is 13.6 Å². The molecule has 0 saturated carbocycles. The van der Waals surface area contributed by atoms with Gasteiger partial charge in [-0.2, -0.15) is 0 Å². The molecule has 1 aliphatic rings. The van der Waals surface area contributed by atoms with Crippen LogP contribution in [0.2, 0.25) is 10.0 Å². The minimum atomic E-state index is -2.34. The highest BCUT2D eigenvalue weighted by molar-refractivity contribution is 6.42. The third-order valence-corrected chi connectivity index (χ3v) is 5.76. The van der Waals surface area contributed by atoms with Crippen molar-refractivity contribution in [2.24, 2.45) is 0 Å². The summed E-state index contributed by atoms with van der Waals surface area (Å²) in [6.07, 6.45) is -1.05. The standard InChI is InChI=1S/C21H23Cl2F2N3O/c22-18-7-6-16(12-19(18)23)26-21(29)28(13-15-4-2-1-3-5-15)17-8-10-27(11-9-17)14-20(24)25/h1-7,12,17,20H,8-11,13-14H2,(H,26,29). The molecule has 0 radical (unpaired) electrons. The van der Waals surface area contributed by atoms with Gasteiger partial charge in [0.2, 0.25) is 0 Å². The molecule has 1 saturated heterocycles. The van der Waals surface area contributed by atoms with Crippen LogP contribution in [-0.4, -0.2) is 47.9 Å². The number of hydrogen-bond donors (Lipinski definition) is 1. The summed E-state index contributed by atoms with van der Waals surface area (Å²) in [5, 5.41) is 3.66. The largest absolute Gasteiger partial charge is 0.322 e.